The SMILES string of the molecule is C[C@H](OC(=O)/C(=C/c1cccs1)n1nnnc1-c1ccccc1)C(=O)NC1CC1. The summed E-state index contributed by atoms with van der Waals surface area (Å²) in [5.41, 5.74) is 0.879. The highest BCUT2D eigenvalue weighted by molar-refractivity contribution is 7.10. The molecule has 0 unspecified atom stereocenters. The van der Waals surface area contributed by atoms with Crippen LogP contribution in [0.15, 0.2) is 47.8 Å². The third kappa shape index (κ3) is 4.57. The molecule has 2 heterocycles. The fourth-order valence-electron chi connectivity index (χ4n) is 2.65. The number of nitrogens with one attached hydrogen (secondary N) is 1. The van der Waals surface area contributed by atoms with Crippen LogP contribution in [0.5, 0.6) is 0 Å². The summed E-state index contributed by atoms with van der Waals surface area (Å²) in [6.45, 7) is 1.55. The first kappa shape index (κ1) is 19.0. The van der Waals surface area contributed by atoms with Gasteiger partial charge in [-0.3, -0.25) is 4.79 Å². The summed E-state index contributed by atoms with van der Waals surface area (Å²) in [5, 5.41) is 16.5. The summed E-state index contributed by atoms with van der Waals surface area (Å²) in [6, 6.07) is 13.2. The van der Waals surface area contributed by atoms with Gasteiger partial charge in [-0.1, -0.05) is 36.4 Å². The Bertz CT molecular complexity index is 1030. The van der Waals surface area contributed by atoms with Crippen molar-refractivity contribution in [1.29, 1.82) is 0 Å². The van der Waals surface area contributed by atoms with Gasteiger partial charge in [0.1, 0.15) is 0 Å². The van der Waals surface area contributed by atoms with Gasteiger partial charge in [0, 0.05) is 16.5 Å². The van der Waals surface area contributed by atoms with Crippen LogP contribution in [0.3, 0.4) is 0 Å². The quantitative estimate of drug-likeness (QED) is 0.476. The van der Waals surface area contributed by atoms with Crippen molar-refractivity contribution in [2.45, 2.75) is 31.9 Å². The number of hydrogen-bond donors (Lipinski definition) is 1. The number of carbonyl (C=O) groups is 2. The van der Waals surface area contributed by atoms with Crippen LogP contribution in [-0.4, -0.2) is 44.2 Å². The number of aromatic nitrogens is 4. The van der Waals surface area contributed by atoms with Crippen LogP contribution in [0, 0.1) is 0 Å². The summed E-state index contributed by atoms with van der Waals surface area (Å²) >= 11 is 1.46. The van der Waals surface area contributed by atoms with E-state index in [0.717, 1.165) is 23.3 Å². The molecular weight excluding hydrogens is 390 g/mol. The zero-order valence-electron chi connectivity index (χ0n) is 15.7. The van der Waals surface area contributed by atoms with Gasteiger partial charge in [-0.25, -0.2) is 4.79 Å². The second kappa shape index (κ2) is 8.36. The van der Waals surface area contributed by atoms with Gasteiger partial charge >= 0.3 is 5.97 Å². The van der Waals surface area contributed by atoms with Gasteiger partial charge in [0.05, 0.1) is 0 Å². The summed E-state index contributed by atoms with van der Waals surface area (Å²) in [5.74, 6) is -0.585. The molecule has 4 rings (SSSR count). The second-order valence-electron chi connectivity index (χ2n) is 6.66. The van der Waals surface area contributed by atoms with Crippen molar-refractivity contribution >= 4 is 35.0 Å². The standard InChI is InChI=1S/C20H19N5O3S/c1-13(19(26)21-15-9-10-15)28-20(27)17(12-16-8-5-11-29-16)25-18(22-23-24-25)14-6-3-2-4-7-14/h2-8,11-13,15H,9-10H2,1H3,(H,21,26)/b17-12-/t13-/m0/s1. The third-order valence-electron chi connectivity index (χ3n) is 4.34. The second-order valence-corrected chi connectivity index (χ2v) is 7.63. The van der Waals surface area contributed by atoms with E-state index in [4.69, 9.17) is 4.74 Å². The predicted octanol–water partition coefficient (Wildman–Crippen LogP) is 2.61. The Morgan fingerprint density at radius 1 is 1.24 bits per heavy atom. The molecule has 0 saturated heterocycles. The molecule has 0 bridgehead atoms. The first-order chi connectivity index (χ1) is 14.1. The minimum absolute atomic E-state index is 0.127. The summed E-state index contributed by atoms with van der Waals surface area (Å²) < 4.78 is 6.77. The van der Waals surface area contributed by atoms with Crippen molar-refractivity contribution < 1.29 is 14.3 Å². The van der Waals surface area contributed by atoms with Gasteiger partial charge < -0.3 is 10.1 Å². The number of tetrazole rings is 1. The largest absolute Gasteiger partial charge is 0.448 e. The Kier molecular flexibility index (Phi) is 5.48. The normalized spacial score (nSPS) is 15.0. The van der Waals surface area contributed by atoms with Crippen molar-refractivity contribution in [3.63, 3.8) is 0 Å². The number of esters is 1. The molecule has 0 spiro atoms. The van der Waals surface area contributed by atoms with Crippen LogP contribution in [0.25, 0.3) is 23.2 Å². The van der Waals surface area contributed by atoms with E-state index in [1.54, 1.807) is 13.0 Å². The van der Waals surface area contributed by atoms with E-state index in [0.29, 0.717) is 5.82 Å². The topological polar surface area (TPSA) is 99.0 Å². The Labute approximate surface area is 171 Å². The molecule has 1 N–H and O–H groups in total. The predicted molar refractivity (Wildman–Crippen MR) is 108 cm³/mol. The lowest BCUT2D eigenvalue weighted by molar-refractivity contribution is -0.149. The molecule has 8 nitrogen and oxygen atoms in total. The molecule has 29 heavy (non-hydrogen) atoms. The van der Waals surface area contributed by atoms with Crippen molar-refractivity contribution in [3.8, 4) is 11.4 Å². The fraction of sp³-hybridized carbons (Fsp3) is 0.250. The van der Waals surface area contributed by atoms with E-state index in [1.165, 1.54) is 16.0 Å². The average Bonchev–Trinajstić information content (AvgIpc) is 3.19. The fourth-order valence-corrected chi connectivity index (χ4v) is 3.30. The zero-order valence-corrected chi connectivity index (χ0v) is 16.5. The average molecular weight is 409 g/mol. The molecule has 1 aromatic carbocycles. The number of amides is 1. The van der Waals surface area contributed by atoms with Gasteiger partial charge in [-0.15, -0.1) is 16.4 Å². The van der Waals surface area contributed by atoms with Crippen LogP contribution in [0.4, 0.5) is 0 Å². The molecule has 1 fully saturated rings. The van der Waals surface area contributed by atoms with Gasteiger partial charge in [0.25, 0.3) is 5.91 Å². The number of ether oxygens (including phenoxy) is 1. The smallest absolute Gasteiger partial charge is 0.357 e. The van der Waals surface area contributed by atoms with Crippen LogP contribution in [0.2, 0.25) is 0 Å². The van der Waals surface area contributed by atoms with E-state index in [1.807, 2.05) is 47.8 Å². The van der Waals surface area contributed by atoms with Gasteiger partial charge in [-0.2, -0.15) is 4.68 Å². The molecule has 148 valence electrons. The molecule has 9 heteroatoms. The molecule has 2 aromatic heterocycles. The number of thiophene rings is 1. The highest BCUT2D eigenvalue weighted by Crippen LogP contribution is 2.23. The number of rotatable bonds is 7. The summed E-state index contributed by atoms with van der Waals surface area (Å²) in [6.07, 6.45) is 2.65. The highest BCUT2D eigenvalue weighted by atomic mass is 32.1. The maximum Gasteiger partial charge on any atom is 0.357 e. The van der Waals surface area contributed by atoms with Crippen molar-refractivity contribution in [1.82, 2.24) is 25.5 Å². The Hall–Kier alpha value is -3.33. The molecule has 1 aliphatic rings. The van der Waals surface area contributed by atoms with Crippen LogP contribution in [0.1, 0.15) is 24.6 Å². The Morgan fingerprint density at radius 2 is 2.03 bits per heavy atom. The van der Waals surface area contributed by atoms with E-state index in [2.05, 4.69) is 20.8 Å². The number of carbonyl (C=O) groups excluding carboxylic acids is 2. The number of benzene rings is 1. The van der Waals surface area contributed by atoms with Crippen LogP contribution in [-0.2, 0) is 14.3 Å². The summed E-state index contributed by atoms with van der Waals surface area (Å²) in [4.78, 5) is 26.0. The first-order valence-corrected chi connectivity index (χ1v) is 10.1. The van der Waals surface area contributed by atoms with E-state index >= 15 is 0 Å². The first-order valence-electron chi connectivity index (χ1n) is 9.22. The maximum atomic E-state index is 13.0. The molecule has 0 aliphatic heterocycles. The monoisotopic (exact) mass is 409 g/mol. The molecule has 1 saturated carbocycles. The minimum atomic E-state index is -0.925. The van der Waals surface area contributed by atoms with E-state index in [9.17, 15) is 9.59 Å². The summed E-state index contributed by atoms with van der Waals surface area (Å²) in [7, 11) is 0. The Balaban J connectivity index is 1.64. The molecule has 1 amide bonds. The van der Waals surface area contributed by atoms with Crippen molar-refractivity contribution in [2.75, 3.05) is 0 Å². The lowest BCUT2D eigenvalue weighted by atomic mass is 10.2. The van der Waals surface area contributed by atoms with E-state index < -0.39 is 12.1 Å². The molecule has 0 radical (unpaired) electrons. The molecular formula is C20H19N5O3S. The third-order valence-corrected chi connectivity index (χ3v) is 5.16. The molecule has 1 atom stereocenters. The van der Waals surface area contributed by atoms with Crippen LogP contribution < -0.4 is 5.32 Å². The van der Waals surface area contributed by atoms with Gasteiger partial charge in [0.2, 0.25) is 0 Å². The van der Waals surface area contributed by atoms with E-state index in [-0.39, 0.29) is 17.6 Å². The number of hydrogen-bond acceptors (Lipinski definition) is 7. The van der Waals surface area contributed by atoms with Crippen molar-refractivity contribution in [2.24, 2.45) is 0 Å². The van der Waals surface area contributed by atoms with Crippen molar-refractivity contribution in [3.05, 3.63) is 52.7 Å². The lowest BCUT2D eigenvalue weighted by Gasteiger charge is -2.15. The molecule has 3 aromatic rings. The number of nitrogens with zero attached hydrogens (tertiary/aromatic N) is 4. The highest BCUT2D eigenvalue weighted by Gasteiger charge is 2.29. The lowest BCUT2D eigenvalue weighted by Crippen LogP contribution is -2.37. The molecule has 1 aliphatic carbocycles. The van der Waals surface area contributed by atoms with Gasteiger partial charge in [0.15, 0.2) is 17.6 Å². The van der Waals surface area contributed by atoms with Crippen LogP contribution >= 0.6 is 11.3 Å². The minimum Gasteiger partial charge on any atom is -0.448 e. The zero-order chi connectivity index (χ0) is 20.2. The maximum absolute atomic E-state index is 13.0. The van der Waals surface area contributed by atoms with Gasteiger partial charge in [-0.05, 0) is 47.7 Å². The Morgan fingerprint density at radius 3 is 2.72 bits per heavy atom.